The van der Waals surface area contributed by atoms with Gasteiger partial charge in [-0.1, -0.05) is 72.8 Å². The van der Waals surface area contributed by atoms with Gasteiger partial charge in [-0.05, 0) is 78.7 Å². The smallest absolute Gasteiger partial charge is 0.137 e. The van der Waals surface area contributed by atoms with Gasteiger partial charge < -0.3 is 13.4 Å². The van der Waals surface area contributed by atoms with Crippen LogP contribution in [0.4, 0.5) is 0 Å². The molecular weight excluding hydrogens is 689 g/mol. The molecule has 0 radical (unpaired) electrons. The van der Waals surface area contributed by atoms with Crippen molar-refractivity contribution in [3.63, 3.8) is 0 Å². The van der Waals surface area contributed by atoms with Crippen molar-refractivity contribution >= 4 is 98.8 Å². The first kappa shape index (κ1) is 30.5. The molecule has 1 aliphatic rings. The molecule has 0 spiro atoms. The lowest BCUT2D eigenvalue weighted by molar-refractivity contribution is 0.669. The second kappa shape index (κ2) is 11.3. The first-order valence-corrected chi connectivity index (χ1v) is 18.6. The van der Waals surface area contributed by atoms with E-state index in [-0.39, 0.29) is 0 Å². The molecule has 6 nitrogen and oxygen atoms in total. The maximum Gasteiger partial charge on any atom is 0.137 e. The summed E-state index contributed by atoms with van der Waals surface area (Å²) >= 11 is 0. The zero-order valence-corrected chi connectivity index (χ0v) is 29.7. The van der Waals surface area contributed by atoms with Crippen LogP contribution in [0.25, 0.3) is 104 Å². The van der Waals surface area contributed by atoms with Gasteiger partial charge in [0.15, 0.2) is 0 Å². The van der Waals surface area contributed by atoms with E-state index < -0.39 is 5.92 Å². The highest BCUT2D eigenvalue weighted by atomic mass is 16.3. The molecule has 258 valence electrons. The average molecular weight is 715 g/mol. The van der Waals surface area contributed by atoms with E-state index in [0.717, 1.165) is 110 Å². The molecule has 6 heteroatoms. The van der Waals surface area contributed by atoms with Crippen LogP contribution in [0.3, 0.4) is 0 Å². The minimum absolute atomic E-state index is 0.414. The molecule has 7 aromatic carbocycles. The molecule has 4 aromatic heterocycles. The van der Waals surface area contributed by atoms with Crippen molar-refractivity contribution < 1.29 is 8.83 Å². The zero-order chi connectivity index (χ0) is 37.1. The Morgan fingerprint density at radius 2 is 1.25 bits per heavy atom. The summed E-state index contributed by atoms with van der Waals surface area (Å²) in [5.41, 5.74) is 10.9. The predicted octanol–water partition coefficient (Wildman–Crippen LogP) is 12.6. The van der Waals surface area contributed by atoms with E-state index in [4.69, 9.17) is 8.83 Å². The second-order valence-electron chi connectivity index (χ2n) is 14.5. The van der Waals surface area contributed by atoms with E-state index in [1.165, 1.54) is 0 Å². The van der Waals surface area contributed by atoms with E-state index >= 15 is 0 Å². The van der Waals surface area contributed by atoms with Crippen LogP contribution < -0.4 is 0 Å². The van der Waals surface area contributed by atoms with Crippen molar-refractivity contribution in [3.8, 4) is 17.8 Å². The summed E-state index contributed by atoms with van der Waals surface area (Å²) in [6.07, 6.45) is 4.73. The largest absolute Gasteiger partial charge is 0.456 e. The average Bonchev–Trinajstić information content (AvgIpc) is 3.98. The minimum atomic E-state index is -0.414. The predicted molar refractivity (Wildman–Crippen MR) is 223 cm³/mol. The summed E-state index contributed by atoms with van der Waals surface area (Å²) in [5, 5.41) is 29.8. The molecule has 0 aliphatic heterocycles. The fourth-order valence-electron chi connectivity index (χ4n) is 9.09. The summed E-state index contributed by atoms with van der Waals surface area (Å²) in [6.45, 7) is 0. The molecule has 0 bridgehead atoms. The third-order valence-corrected chi connectivity index (χ3v) is 11.5. The first-order chi connectivity index (χ1) is 27.7. The Bertz CT molecular complexity index is 3660. The van der Waals surface area contributed by atoms with Crippen molar-refractivity contribution in [3.05, 3.63) is 163 Å². The van der Waals surface area contributed by atoms with Crippen LogP contribution in [-0.4, -0.2) is 9.13 Å². The number of hydrogen-bond donors (Lipinski definition) is 0. The molecule has 0 amide bonds. The number of benzene rings is 6. The van der Waals surface area contributed by atoms with Gasteiger partial charge in [-0.2, -0.15) is 10.5 Å². The number of aromatic nitrogens is 2. The van der Waals surface area contributed by atoms with Gasteiger partial charge in [0.05, 0.1) is 39.8 Å². The summed E-state index contributed by atoms with van der Waals surface area (Å²) in [4.78, 5) is 0. The molecule has 4 heterocycles. The van der Waals surface area contributed by atoms with Gasteiger partial charge in [-0.25, -0.2) is 0 Å². The molecule has 1 unspecified atom stereocenters. The third kappa shape index (κ3) is 4.14. The lowest BCUT2D eigenvalue weighted by Crippen LogP contribution is -2.09. The van der Waals surface area contributed by atoms with E-state index in [2.05, 4.69) is 118 Å². The lowest BCUT2D eigenvalue weighted by atomic mass is 9.87. The molecule has 0 saturated heterocycles. The number of rotatable bonds is 3. The standard InChI is InChI=1S/C50H26N4O2/c51-27-29-20-31(22-32(21-29)53-42-16-5-1-11-34(42)38-23-40-36-13-3-7-18-46(36)55-48(40)25-44(38)53)33-15-9-10-30(28-52)50(33)54-43-17-6-2-12-35(43)39-24-41-37-14-4-8-19-47(37)56-49(41)26-45(39)54/h1-5,7-16,18-19,21-26,29H,20H2. The maximum absolute atomic E-state index is 10.7. The topological polar surface area (TPSA) is 83.7 Å². The van der Waals surface area contributed by atoms with Crippen molar-refractivity contribution in [2.45, 2.75) is 6.42 Å². The van der Waals surface area contributed by atoms with Crippen LogP contribution >= 0.6 is 0 Å². The Hall–Kier alpha value is -7.98. The summed E-state index contributed by atoms with van der Waals surface area (Å²) in [7, 11) is 0. The van der Waals surface area contributed by atoms with Crippen molar-refractivity contribution in [2.24, 2.45) is 5.92 Å². The highest BCUT2D eigenvalue weighted by Crippen LogP contribution is 2.44. The van der Waals surface area contributed by atoms with Gasteiger partial charge in [-0.15, -0.1) is 0 Å². The van der Waals surface area contributed by atoms with E-state index in [1.807, 2.05) is 54.6 Å². The molecule has 12 rings (SSSR count). The SMILES string of the molecule is N#Cc1cccc(C2=CC(n3c4ccccc4c4cc5c(cc43)oc3ccccc35)=CC(C#N)C2)c1-n1c2c#cccc2c2cc3c(cc21)oc1ccccc13. The van der Waals surface area contributed by atoms with E-state index in [0.29, 0.717) is 12.0 Å². The van der Waals surface area contributed by atoms with Crippen LogP contribution in [0.5, 0.6) is 0 Å². The van der Waals surface area contributed by atoms with Crippen LogP contribution in [0.15, 0.2) is 148 Å². The Labute approximate surface area is 319 Å². The normalized spacial score (nSPS) is 14.6. The fourth-order valence-corrected chi connectivity index (χ4v) is 9.09. The number of furan rings is 2. The molecule has 0 fully saturated rings. The van der Waals surface area contributed by atoms with Gasteiger partial charge in [0.2, 0.25) is 0 Å². The zero-order valence-electron chi connectivity index (χ0n) is 29.7. The fraction of sp³-hybridized carbons (Fsp3) is 0.0400. The Kier molecular flexibility index (Phi) is 6.13. The summed E-state index contributed by atoms with van der Waals surface area (Å²) in [5.74, 6) is -0.414. The molecule has 0 saturated carbocycles. The lowest BCUT2D eigenvalue weighted by Gasteiger charge is -2.23. The van der Waals surface area contributed by atoms with E-state index in [1.54, 1.807) is 0 Å². The Morgan fingerprint density at radius 1 is 0.589 bits per heavy atom. The molecule has 0 N–H and O–H groups in total. The Balaban J connectivity index is 1.12. The second-order valence-corrected chi connectivity index (χ2v) is 14.5. The summed E-state index contributed by atoms with van der Waals surface area (Å²) in [6, 6.07) is 54.6. The number of nitrogens with zero attached hydrogens (tertiary/aromatic N) is 4. The number of hydrogen-bond acceptors (Lipinski definition) is 4. The van der Waals surface area contributed by atoms with E-state index in [9.17, 15) is 10.5 Å². The quantitative estimate of drug-likeness (QED) is 0.182. The molecular formula is C50H26N4O2. The highest BCUT2D eigenvalue weighted by molar-refractivity contribution is 6.19. The number of fused-ring (bicyclic) bond motifs is 12. The van der Waals surface area contributed by atoms with Gasteiger partial charge in [-0.3, -0.25) is 4.57 Å². The Morgan fingerprint density at radius 3 is 1.96 bits per heavy atom. The monoisotopic (exact) mass is 714 g/mol. The van der Waals surface area contributed by atoms with Crippen molar-refractivity contribution in [1.82, 2.24) is 9.13 Å². The molecule has 1 aliphatic carbocycles. The maximum atomic E-state index is 10.7. The molecule has 11 aromatic rings. The van der Waals surface area contributed by atoms with Gasteiger partial charge in [0.1, 0.15) is 33.9 Å². The van der Waals surface area contributed by atoms with Crippen LogP contribution in [0.1, 0.15) is 17.5 Å². The minimum Gasteiger partial charge on any atom is -0.456 e. The number of nitriles is 2. The van der Waals surface area contributed by atoms with Gasteiger partial charge in [0, 0.05) is 66.5 Å². The van der Waals surface area contributed by atoms with Crippen LogP contribution in [-0.2, 0) is 0 Å². The summed E-state index contributed by atoms with van der Waals surface area (Å²) < 4.78 is 17.1. The van der Waals surface area contributed by atoms with Gasteiger partial charge >= 0.3 is 0 Å². The first-order valence-electron chi connectivity index (χ1n) is 18.6. The number of allylic oxidation sites excluding steroid dienone is 4. The number of para-hydroxylation sites is 4. The molecule has 56 heavy (non-hydrogen) atoms. The van der Waals surface area contributed by atoms with Crippen molar-refractivity contribution in [1.29, 1.82) is 10.5 Å². The third-order valence-electron chi connectivity index (χ3n) is 11.5. The van der Waals surface area contributed by atoms with Gasteiger partial charge in [0.25, 0.3) is 0 Å². The van der Waals surface area contributed by atoms with Crippen LogP contribution in [0, 0.1) is 40.7 Å². The van der Waals surface area contributed by atoms with Crippen LogP contribution in [0.2, 0.25) is 0 Å². The van der Waals surface area contributed by atoms with Crippen molar-refractivity contribution in [2.75, 3.05) is 0 Å². The highest BCUT2D eigenvalue weighted by Gasteiger charge is 2.26. The molecule has 1 atom stereocenters.